The molecule has 2 atom stereocenters. The van der Waals surface area contributed by atoms with Gasteiger partial charge in [0.1, 0.15) is 5.75 Å². The molecule has 2 aliphatic carbocycles. The Hall–Kier alpha value is -1.06. The molecule has 2 aliphatic rings. The Morgan fingerprint density at radius 3 is 2.62 bits per heavy atom. The van der Waals surface area contributed by atoms with Crippen molar-refractivity contribution < 1.29 is 14.6 Å². The van der Waals surface area contributed by atoms with Gasteiger partial charge in [-0.25, -0.2) is 0 Å². The van der Waals surface area contributed by atoms with Gasteiger partial charge >= 0.3 is 0 Å². The molecular weight excluding hydrogens is 264 g/mol. The quantitative estimate of drug-likeness (QED) is 0.919. The number of rotatable bonds is 4. The minimum atomic E-state index is -0.161. The van der Waals surface area contributed by atoms with Gasteiger partial charge in [0.25, 0.3) is 0 Å². The molecule has 21 heavy (non-hydrogen) atoms. The van der Waals surface area contributed by atoms with Crippen LogP contribution in [0.25, 0.3) is 0 Å². The van der Waals surface area contributed by atoms with Crippen LogP contribution in [0.4, 0.5) is 0 Å². The van der Waals surface area contributed by atoms with Gasteiger partial charge in [-0.15, -0.1) is 0 Å². The van der Waals surface area contributed by atoms with Crippen LogP contribution in [0, 0.1) is 5.41 Å². The molecule has 1 aromatic rings. The Labute approximate surface area is 127 Å². The number of aliphatic hydroxyl groups is 1. The lowest BCUT2D eigenvalue weighted by Crippen LogP contribution is -2.57. The predicted octanol–water partition coefficient (Wildman–Crippen LogP) is 3.69. The maximum absolute atomic E-state index is 10.3. The lowest BCUT2D eigenvalue weighted by Gasteiger charge is -2.53. The van der Waals surface area contributed by atoms with Gasteiger partial charge in [-0.2, -0.15) is 0 Å². The van der Waals surface area contributed by atoms with Crippen LogP contribution in [0.2, 0.25) is 0 Å². The molecular formula is C18H26O3. The number of ether oxygens (including phenoxy) is 2. The Bertz CT molecular complexity index is 463. The topological polar surface area (TPSA) is 38.7 Å². The van der Waals surface area contributed by atoms with E-state index in [-0.39, 0.29) is 17.6 Å². The Morgan fingerprint density at radius 1 is 1.19 bits per heavy atom. The van der Waals surface area contributed by atoms with Crippen LogP contribution in [0.1, 0.15) is 50.5 Å². The summed E-state index contributed by atoms with van der Waals surface area (Å²) < 4.78 is 11.4. The zero-order valence-corrected chi connectivity index (χ0v) is 12.9. The summed E-state index contributed by atoms with van der Waals surface area (Å²) in [5, 5.41) is 10.3. The van der Waals surface area contributed by atoms with Crippen molar-refractivity contribution in [2.24, 2.45) is 5.41 Å². The highest BCUT2D eigenvalue weighted by Crippen LogP contribution is 2.52. The third-order valence-corrected chi connectivity index (χ3v) is 5.36. The first-order valence-electron chi connectivity index (χ1n) is 8.17. The molecule has 2 unspecified atom stereocenters. The fourth-order valence-electron chi connectivity index (χ4n) is 3.96. The first-order chi connectivity index (χ1) is 10.2. The maximum atomic E-state index is 10.3. The molecule has 0 aliphatic heterocycles. The van der Waals surface area contributed by atoms with Crippen LogP contribution in [0.3, 0.4) is 0 Å². The van der Waals surface area contributed by atoms with Gasteiger partial charge in [-0.3, -0.25) is 0 Å². The Kier molecular flexibility index (Phi) is 4.51. The van der Waals surface area contributed by atoms with E-state index in [1.807, 2.05) is 18.2 Å². The molecule has 1 N–H and O–H groups in total. The molecule has 0 bridgehead atoms. The van der Waals surface area contributed by atoms with E-state index in [1.165, 1.54) is 25.7 Å². The lowest BCUT2D eigenvalue weighted by molar-refractivity contribution is -0.203. The van der Waals surface area contributed by atoms with Crippen LogP contribution < -0.4 is 4.74 Å². The summed E-state index contributed by atoms with van der Waals surface area (Å²) in [5.74, 6) is 0.869. The minimum Gasteiger partial charge on any atom is -0.497 e. The van der Waals surface area contributed by atoms with Crippen LogP contribution in [-0.4, -0.2) is 24.4 Å². The zero-order chi connectivity index (χ0) is 14.7. The highest BCUT2D eigenvalue weighted by atomic mass is 16.5. The molecule has 3 heteroatoms. The van der Waals surface area contributed by atoms with Crippen molar-refractivity contribution in [2.75, 3.05) is 7.11 Å². The molecule has 0 amide bonds. The standard InChI is InChI=1S/C18H26O3/c1-20-15-8-6-7-14(11-15)13-21-17-12-16(19)18(17)9-4-2-3-5-10-18/h6-8,11,16-17,19H,2-5,9-10,12-13H2,1H3. The zero-order valence-electron chi connectivity index (χ0n) is 12.9. The van der Waals surface area contributed by atoms with Crippen molar-refractivity contribution in [3.63, 3.8) is 0 Å². The molecule has 0 radical (unpaired) electrons. The van der Waals surface area contributed by atoms with Crippen molar-refractivity contribution in [3.8, 4) is 5.75 Å². The van der Waals surface area contributed by atoms with Gasteiger partial charge in [-0.1, -0.05) is 37.8 Å². The van der Waals surface area contributed by atoms with E-state index in [4.69, 9.17) is 9.47 Å². The van der Waals surface area contributed by atoms with Crippen molar-refractivity contribution in [2.45, 2.75) is 63.8 Å². The van der Waals surface area contributed by atoms with Crippen LogP contribution in [0.5, 0.6) is 5.75 Å². The SMILES string of the molecule is COc1cccc(COC2CC(O)C23CCCCCC3)c1. The molecule has 3 nitrogen and oxygen atoms in total. The van der Waals surface area contributed by atoms with Crippen LogP contribution in [-0.2, 0) is 11.3 Å². The van der Waals surface area contributed by atoms with Crippen molar-refractivity contribution in [3.05, 3.63) is 29.8 Å². The predicted molar refractivity (Wildman–Crippen MR) is 82.3 cm³/mol. The number of hydrogen-bond donors (Lipinski definition) is 1. The monoisotopic (exact) mass is 290 g/mol. The minimum absolute atomic E-state index is 0.0371. The van der Waals surface area contributed by atoms with Crippen LogP contribution in [0.15, 0.2) is 24.3 Å². The largest absolute Gasteiger partial charge is 0.497 e. The van der Waals surface area contributed by atoms with Gasteiger partial charge < -0.3 is 14.6 Å². The average molecular weight is 290 g/mol. The number of benzene rings is 1. The summed E-state index contributed by atoms with van der Waals surface area (Å²) in [4.78, 5) is 0. The van der Waals surface area contributed by atoms with Gasteiger partial charge in [-0.05, 0) is 30.5 Å². The highest BCUT2D eigenvalue weighted by Gasteiger charge is 2.54. The number of hydrogen-bond acceptors (Lipinski definition) is 3. The molecule has 0 heterocycles. The van der Waals surface area contributed by atoms with Crippen LogP contribution >= 0.6 is 0 Å². The van der Waals surface area contributed by atoms with E-state index < -0.39 is 0 Å². The second-order valence-electron chi connectivity index (χ2n) is 6.55. The van der Waals surface area contributed by atoms with Crippen molar-refractivity contribution in [1.82, 2.24) is 0 Å². The molecule has 1 spiro atoms. The summed E-state index contributed by atoms with van der Waals surface area (Å²) >= 11 is 0. The summed E-state index contributed by atoms with van der Waals surface area (Å²) in [6.07, 6.45) is 8.17. The molecule has 1 aromatic carbocycles. The third-order valence-electron chi connectivity index (χ3n) is 5.36. The van der Waals surface area contributed by atoms with Crippen molar-refractivity contribution >= 4 is 0 Å². The Morgan fingerprint density at radius 2 is 1.95 bits per heavy atom. The van der Waals surface area contributed by atoms with E-state index >= 15 is 0 Å². The smallest absolute Gasteiger partial charge is 0.119 e. The average Bonchev–Trinajstić information content (AvgIpc) is 2.79. The highest BCUT2D eigenvalue weighted by molar-refractivity contribution is 5.28. The summed E-state index contributed by atoms with van der Waals surface area (Å²) in [6, 6.07) is 8.03. The first kappa shape index (κ1) is 14.9. The molecule has 2 saturated carbocycles. The molecule has 0 saturated heterocycles. The fraction of sp³-hybridized carbons (Fsp3) is 0.667. The molecule has 2 fully saturated rings. The third kappa shape index (κ3) is 2.95. The molecule has 0 aromatic heterocycles. The van der Waals surface area contributed by atoms with Gasteiger partial charge in [0.2, 0.25) is 0 Å². The van der Waals surface area contributed by atoms with E-state index in [0.717, 1.165) is 30.6 Å². The van der Waals surface area contributed by atoms with Crippen molar-refractivity contribution in [1.29, 1.82) is 0 Å². The molecule has 116 valence electrons. The fourth-order valence-corrected chi connectivity index (χ4v) is 3.96. The summed E-state index contributed by atoms with van der Waals surface area (Å²) in [7, 11) is 1.68. The summed E-state index contributed by atoms with van der Waals surface area (Å²) in [5.41, 5.74) is 1.18. The number of aliphatic hydroxyl groups excluding tert-OH is 1. The lowest BCUT2D eigenvalue weighted by atomic mass is 9.59. The van der Waals surface area contributed by atoms with E-state index in [0.29, 0.717) is 6.61 Å². The van der Waals surface area contributed by atoms with Gasteiger partial charge in [0.15, 0.2) is 0 Å². The van der Waals surface area contributed by atoms with Gasteiger partial charge in [0, 0.05) is 11.8 Å². The van der Waals surface area contributed by atoms with E-state index in [9.17, 15) is 5.11 Å². The first-order valence-corrected chi connectivity index (χ1v) is 8.17. The maximum Gasteiger partial charge on any atom is 0.119 e. The number of methoxy groups -OCH3 is 1. The van der Waals surface area contributed by atoms with Gasteiger partial charge in [0.05, 0.1) is 25.9 Å². The Balaban J connectivity index is 1.62. The summed E-state index contributed by atoms with van der Waals surface area (Å²) in [6.45, 7) is 0.607. The van der Waals surface area contributed by atoms with E-state index in [1.54, 1.807) is 7.11 Å². The second kappa shape index (κ2) is 6.37. The molecule has 3 rings (SSSR count). The second-order valence-corrected chi connectivity index (χ2v) is 6.55. The normalized spacial score (nSPS) is 27.9. The van der Waals surface area contributed by atoms with E-state index in [2.05, 4.69) is 6.07 Å².